The first-order valence-corrected chi connectivity index (χ1v) is 6.67. The van der Waals surface area contributed by atoms with Crippen LogP contribution in [0.25, 0.3) is 15.5 Å². The number of pyridine rings is 1. The van der Waals surface area contributed by atoms with Gasteiger partial charge < -0.3 is 0 Å². The van der Waals surface area contributed by atoms with Crippen LogP contribution in [-0.4, -0.2) is 24.8 Å². The van der Waals surface area contributed by atoms with Gasteiger partial charge in [-0.2, -0.15) is 9.61 Å². The fourth-order valence-electron chi connectivity index (χ4n) is 1.76. The van der Waals surface area contributed by atoms with Crippen LogP contribution in [-0.2, 0) is 6.42 Å². The summed E-state index contributed by atoms with van der Waals surface area (Å²) < 4.78 is 1.85. The van der Waals surface area contributed by atoms with Crippen molar-refractivity contribution in [3.8, 4) is 10.6 Å². The first kappa shape index (κ1) is 11.3. The van der Waals surface area contributed by atoms with Crippen LogP contribution < -0.4 is 0 Å². The van der Waals surface area contributed by atoms with Crippen molar-refractivity contribution in [2.75, 3.05) is 0 Å². The molecule has 0 unspecified atom stereocenters. The number of hydrogen-bond donors (Lipinski definition) is 0. The fourth-order valence-corrected chi connectivity index (χ4v) is 2.62. The number of hydrogen-bond acceptors (Lipinski definition) is 5. The third-order valence-electron chi connectivity index (χ3n) is 2.57. The largest absolute Gasteiger partial charge is 0.265 e. The van der Waals surface area contributed by atoms with Gasteiger partial charge in [-0.1, -0.05) is 25.2 Å². The van der Waals surface area contributed by atoms with Crippen molar-refractivity contribution in [2.24, 2.45) is 5.92 Å². The van der Waals surface area contributed by atoms with Crippen LogP contribution in [0.5, 0.6) is 0 Å². The minimum atomic E-state index is 0.545. The minimum Gasteiger partial charge on any atom is -0.265 e. The summed E-state index contributed by atoms with van der Waals surface area (Å²) in [4.78, 5) is 4.86. The summed E-state index contributed by atoms with van der Waals surface area (Å²) in [6.45, 7) is 4.33. The topological polar surface area (TPSA) is 56.0 Å². The minimum absolute atomic E-state index is 0.545. The molecule has 0 spiro atoms. The lowest BCUT2D eigenvalue weighted by atomic mass is 10.1. The molecule has 0 amide bonds. The Morgan fingerprint density at radius 3 is 2.72 bits per heavy atom. The molecule has 6 heteroatoms. The SMILES string of the molecule is CC(C)Cc1nnc2sc(-c3ccncc3)nn12. The summed E-state index contributed by atoms with van der Waals surface area (Å²) in [5.41, 5.74) is 1.07. The molecule has 0 fully saturated rings. The molecule has 0 saturated heterocycles. The maximum absolute atomic E-state index is 4.58. The lowest BCUT2D eigenvalue weighted by Crippen LogP contribution is -2.01. The van der Waals surface area contributed by atoms with Gasteiger partial charge >= 0.3 is 0 Å². The molecule has 3 heterocycles. The highest BCUT2D eigenvalue weighted by Crippen LogP contribution is 2.25. The van der Waals surface area contributed by atoms with Gasteiger partial charge in [0.25, 0.3) is 0 Å². The predicted molar refractivity (Wildman–Crippen MR) is 70.4 cm³/mol. The normalized spacial score (nSPS) is 11.5. The van der Waals surface area contributed by atoms with Crippen LogP contribution in [0.4, 0.5) is 0 Å². The summed E-state index contributed by atoms with van der Waals surface area (Å²) in [5, 5.41) is 13.9. The molecule has 3 aromatic rings. The van der Waals surface area contributed by atoms with E-state index in [0.29, 0.717) is 5.92 Å². The smallest absolute Gasteiger partial charge is 0.234 e. The monoisotopic (exact) mass is 259 g/mol. The lowest BCUT2D eigenvalue weighted by molar-refractivity contribution is 0.607. The molecule has 0 aromatic carbocycles. The van der Waals surface area contributed by atoms with Gasteiger partial charge in [0, 0.05) is 24.4 Å². The molecule has 0 atom stereocenters. The Morgan fingerprint density at radius 1 is 1.22 bits per heavy atom. The molecule has 3 rings (SSSR count). The van der Waals surface area contributed by atoms with E-state index in [0.717, 1.165) is 27.8 Å². The molecule has 0 aliphatic rings. The summed E-state index contributed by atoms with van der Waals surface area (Å²) >= 11 is 1.55. The van der Waals surface area contributed by atoms with E-state index in [4.69, 9.17) is 0 Å². The first-order valence-electron chi connectivity index (χ1n) is 5.85. The Hall–Kier alpha value is -1.82. The van der Waals surface area contributed by atoms with Crippen molar-refractivity contribution >= 4 is 16.3 Å². The standard InChI is InChI=1S/C12H13N5S/c1-8(2)7-10-14-15-12-17(10)16-11(18-12)9-3-5-13-6-4-9/h3-6,8H,7H2,1-2H3. The second kappa shape index (κ2) is 4.45. The van der Waals surface area contributed by atoms with Crippen molar-refractivity contribution in [3.63, 3.8) is 0 Å². The third-order valence-corrected chi connectivity index (χ3v) is 3.52. The van der Waals surface area contributed by atoms with Gasteiger partial charge in [0.05, 0.1) is 0 Å². The average Bonchev–Trinajstić information content (AvgIpc) is 2.92. The number of aromatic nitrogens is 5. The Balaban J connectivity index is 2.04. The quantitative estimate of drug-likeness (QED) is 0.725. The van der Waals surface area contributed by atoms with E-state index in [-0.39, 0.29) is 0 Å². The molecular weight excluding hydrogens is 246 g/mol. The predicted octanol–water partition coefficient (Wildman–Crippen LogP) is 2.45. The van der Waals surface area contributed by atoms with E-state index in [1.807, 2.05) is 16.6 Å². The number of rotatable bonds is 3. The zero-order chi connectivity index (χ0) is 12.5. The van der Waals surface area contributed by atoms with Crippen LogP contribution in [0.15, 0.2) is 24.5 Å². The lowest BCUT2D eigenvalue weighted by Gasteiger charge is -1.99. The zero-order valence-corrected chi connectivity index (χ0v) is 11.1. The van der Waals surface area contributed by atoms with Crippen molar-refractivity contribution < 1.29 is 0 Å². The molecule has 92 valence electrons. The Kier molecular flexibility index (Phi) is 2.79. The summed E-state index contributed by atoms with van der Waals surface area (Å²) in [6.07, 6.45) is 4.43. The molecule has 0 N–H and O–H groups in total. The van der Waals surface area contributed by atoms with E-state index >= 15 is 0 Å². The maximum atomic E-state index is 4.58. The molecule has 5 nitrogen and oxygen atoms in total. The number of nitrogens with zero attached hydrogens (tertiary/aromatic N) is 5. The highest BCUT2D eigenvalue weighted by atomic mass is 32.1. The van der Waals surface area contributed by atoms with Crippen LogP contribution in [0.2, 0.25) is 0 Å². The van der Waals surface area contributed by atoms with E-state index in [1.54, 1.807) is 23.7 Å². The second-order valence-corrected chi connectivity index (χ2v) is 5.51. The van der Waals surface area contributed by atoms with Crippen molar-refractivity contribution in [1.29, 1.82) is 0 Å². The molecule has 18 heavy (non-hydrogen) atoms. The zero-order valence-electron chi connectivity index (χ0n) is 10.2. The van der Waals surface area contributed by atoms with E-state index in [1.165, 1.54) is 0 Å². The Morgan fingerprint density at radius 2 is 2.00 bits per heavy atom. The highest BCUT2D eigenvalue weighted by Gasteiger charge is 2.13. The van der Waals surface area contributed by atoms with Crippen molar-refractivity contribution in [1.82, 2.24) is 24.8 Å². The molecule has 0 radical (unpaired) electrons. The molecule has 3 aromatic heterocycles. The Bertz CT molecular complexity index is 655. The second-order valence-electron chi connectivity index (χ2n) is 4.55. The fraction of sp³-hybridized carbons (Fsp3) is 0.333. The third kappa shape index (κ3) is 1.99. The summed E-state index contributed by atoms with van der Waals surface area (Å²) in [7, 11) is 0. The van der Waals surface area contributed by atoms with Gasteiger partial charge in [0.1, 0.15) is 5.01 Å². The van der Waals surface area contributed by atoms with Crippen molar-refractivity contribution in [2.45, 2.75) is 20.3 Å². The van der Waals surface area contributed by atoms with Gasteiger partial charge in [-0.05, 0) is 18.1 Å². The van der Waals surface area contributed by atoms with Gasteiger partial charge in [0.15, 0.2) is 5.82 Å². The van der Waals surface area contributed by atoms with Crippen molar-refractivity contribution in [3.05, 3.63) is 30.4 Å². The van der Waals surface area contributed by atoms with Gasteiger partial charge in [-0.15, -0.1) is 10.2 Å². The van der Waals surface area contributed by atoms with Gasteiger partial charge in [0.2, 0.25) is 4.96 Å². The van der Waals surface area contributed by atoms with Crippen LogP contribution in [0, 0.1) is 5.92 Å². The van der Waals surface area contributed by atoms with Crippen LogP contribution >= 0.6 is 11.3 Å². The van der Waals surface area contributed by atoms with Crippen LogP contribution in [0.3, 0.4) is 0 Å². The summed E-state index contributed by atoms with van der Waals surface area (Å²) in [6, 6.07) is 3.90. The maximum Gasteiger partial charge on any atom is 0.234 e. The van der Waals surface area contributed by atoms with E-state index in [2.05, 4.69) is 34.1 Å². The number of fused-ring (bicyclic) bond motifs is 1. The molecule has 0 aliphatic heterocycles. The van der Waals surface area contributed by atoms with Crippen LogP contribution in [0.1, 0.15) is 19.7 Å². The summed E-state index contributed by atoms with van der Waals surface area (Å²) in [5.74, 6) is 1.47. The van der Waals surface area contributed by atoms with E-state index in [9.17, 15) is 0 Å². The van der Waals surface area contributed by atoms with Gasteiger partial charge in [-0.3, -0.25) is 4.98 Å². The van der Waals surface area contributed by atoms with E-state index < -0.39 is 0 Å². The highest BCUT2D eigenvalue weighted by molar-refractivity contribution is 7.19. The first-order chi connectivity index (χ1) is 8.74. The Labute approximate surface area is 109 Å². The molecule has 0 aliphatic carbocycles. The molecular formula is C12H13N5S. The van der Waals surface area contributed by atoms with Gasteiger partial charge in [-0.25, -0.2) is 0 Å². The average molecular weight is 259 g/mol. The molecule has 0 bridgehead atoms. The molecule has 0 saturated carbocycles.